The van der Waals surface area contributed by atoms with Crippen LogP contribution in [0.1, 0.15) is 37.3 Å². The minimum absolute atomic E-state index is 0.181. The number of piperazine rings is 1. The number of carbonyl (C=O) groups excluding carboxylic acids is 2. The number of likely N-dealkylation sites (tertiary alicyclic amines) is 1. The molecule has 168 valence electrons. The van der Waals surface area contributed by atoms with E-state index >= 15 is 0 Å². The summed E-state index contributed by atoms with van der Waals surface area (Å²) in [6.45, 7) is 8.51. The minimum atomic E-state index is -0.263. The fraction of sp³-hybridized carbons (Fsp3) is 0.667. The molecule has 7 nitrogen and oxygen atoms in total. The van der Waals surface area contributed by atoms with Gasteiger partial charge in [0.25, 0.3) is 0 Å². The van der Waals surface area contributed by atoms with E-state index in [0.29, 0.717) is 38.7 Å². The molecule has 1 spiro atoms. The summed E-state index contributed by atoms with van der Waals surface area (Å²) in [4.78, 5) is 31.2. The Labute approximate surface area is 184 Å². The van der Waals surface area contributed by atoms with Gasteiger partial charge in [0, 0.05) is 45.1 Å². The quantitative estimate of drug-likeness (QED) is 0.739. The minimum Gasteiger partial charge on any atom is -0.493 e. The van der Waals surface area contributed by atoms with E-state index in [4.69, 9.17) is 9.47 Å². The highest BCUT2D eigenvalue weighted by molar-refractivity contribution is 5.83. The molecular weight excluding hydrogens is 394 g/mol. The first-order valence-electron chi connectivity index (χ1n) is 11.8. The zero-order chi connectivity index (χ0) is 21.4. The van der Waals surface area contributed by atoms with Gasteiger partial charge in [0.2, 0.25) is 5.91 Å². The van der Waals surface area contributed by atoms with Crippen LogP contribution in [-0.4, -0.2) is 79.2 Å². The first kappa shape index (κ1) is 20.6. The summed E-state index contributed by atoms with van der Waals surface area (Å²) in [5, 5.41) is 0. The van der Waals surface area contributed by atoms with Crippen LogP contribution in [-0.2, 0) is 22.5 Å². The number of rotatable bonds is 4. The largest absolute Gasteiger partial charge is 0.493 e. The Morgan fingerprint density at radius 3 is 2.58 bits per heavy atom. The first-order chi connectivity index (χ1) is 15.1. The summed E-state index contributed by atoms with van der Waals surface area (Å²) in [7, 11) is 0. The van der Waals surface area contributed by atoms with Crippen molar-refractivity contribution in [2.24, 2.45) is 11.3 Å². The second kappa shape index (κ2) is 8.34. The number of fused-ring (bicyclic) bond motifs is 1. The maximum atomic E-state index is 13.1. The number of carbonyl (C=O) groups is 2. The van der Waals surface area contributed by atoms with Crippen molar-refractivity contribution in [3.05, 3.63) is 29.3 Å². The number of benzene rings is 1. The molecule has 1 aromatic rings. The smallest absolute Gasteiger partial charge is 0.409 e. The zero-order valence-electron chi connectivity index (χ0n) is 18.5. The van der Waals surface area contributed by atoms with Gasteiger partial charge in [0.05, 0.1) is 13.2 Å². The fourth-order valence-electron chi connectivity index (χ4n) is 5.55. The van der Waals surface area contributed by atoms with Crippen molar-refractivity contribution in [3.63, 3.8) is 0 Å². The van der Waals surface area contributed by atoms with Gasteiger partial charge in [-0.1, -0.05) is 12.1 Å². The third-order valence-electron chi connectivity index (χ3n) is 7.62. The molecule has 5 rings (SSSR count). The summed E-state index contributed by atoms with van der Waals surface area (Å²) in [5.74, 6) is 1.53. The first-order valence-corrected chi connectivity index (χ1v) is 11.8. The second-order valence-electron chi connectivity index (χ2n) is 9.45. The molecule has 0 radical (unpaired) electrons. The number of hydrogen-bond donors (Lipinski definition) is 0. The molecule has 3 fully saturated rings. The molecule has 1 aliphatic carbocycles. The Morgan fingerprint density at radius 1 is 1.10 bits per heavy atom. The van der Waals surface area contributed by atoms with Crippen LogP contribution in [0.25, 0.3) is 0 Å². The van der Waals surface area contributed by atoms with E-state index < -0.39 is 0 Å². The summed E-state index contributed by atoms with van der Waals surface area (Å²) in [5.41, 5.74) is 2.92. The highest BCUT2D eigenvalue weighted by Crippen LogP contribution is 2.60. The lowest BCUT2D eigenvalue weighted by Gasteiger charge is -2.36. The molecule has 0 bridgehead atoms. The van der Waals surface area contributed by atoms with Crippen LogP contribution >= 0.6 is 0 Å². The molecule has 2 amide bonds. The summed E-state index contributed by atoms with van der Waals surface area (Å²) < 4.78 is 10.7. The van der Waals surface area contributed by atoms with Crippen molar-refractivity contribution < 1.29 is 19.1 Å². The Bertz CT molecular complexity index is 841. The monoisotopic (exact) mass is 427 g/mol. The van der Waals surface area contributed by atoms with E-state index in [-0.39, 0.29) is 17.4 Å². The van der Waals surface area contributed by atoms with Crippen molar-refractivity contribution in [2.45, 2.75) is 39.2 Å². The predicted molar refractivity (Wildman–Crippen MR) is 116 cm³/mol. The van der Waals surface area contributed by atoms with E-state index in [9.17, 15) is 9.59 Å². The van der Waals surface area contributed by atoms with Gasteiger partial charge >= 0.3 is 6.09 Å². The van der Waals surface area contributed by atoms with Gasteiger partial charge in [-0.05, 0) is 61.9 Å². The molecule has 0 N–H and O–H groups in total. The van der Waals surface area contributed by atoms with E-state index in [2.05, 4.69) is 23.1 Å². The highest BCUT2D eigenvalue weighted by Gasteiger charge is 2.59. The van der Waals surface area contributed by atoms with Crippen LogP contribution in [0.2, 0.25) is 0 Å². The molecule has 1 aromatic carbocycles. The van der Waals surface area contributed by atoms with Crippen LogP contribution in [0.15, 0.2) is 18.2 Å². The van der Waals surface area contributed by atoms with Gasteiger partial charge in [0.15, 0.2) is 0 Å². The van der Waals surface area contributed by atoms with Crippen molar-refractivity contribution >= 4 is 12.0 Å². The fourth-order valence-corrected chi connectivity index (χ4v) is 5.55. The maximum absolute atomic E-state index is 13.1. The van der Waals surface area contributed by atoms with Gasteiger partial charge in [-0.25, -0.2) is 4.79 Å². The molecule has 4 aliphatic rings. The third kappa shape index (κ3) is 4.12. The Morgan fingerprint density at radius 2 is 1.84 bits per heavy atom. The van der Waals surface area contributed by atoms with Crippen molar-refractivity contribution in [2.75, 3.05) is 52.5 Å². The summed E-state index contributed by atoms with van der Waals surface area (Å²) in [6.07, 6.45) is 4.01. The van der Waals surface area contributed by atoms with Crippen LogP contribution < -0.4 is 4.74 Å². The summed E-state index contributed by atoms with van der Waals surface area (Å²) in [6, 6.07) is 6.60. The van der Waals surface area contributed by atoms with E-state index in [0.717, 1.165) is 57.7 Å². The maximum Gasteiger partial charge on any atom is 0.409 e. The van der Waals surface area contributed by atoms with Crippen LogP contribution in [0, 0.1) is 11.3 Å². The lowest BCUT2D eigenvalue weighted by atomic mass is 9.90. The van der Waals surface area contributed by atoms with Crippen LogP contribution in [0.5, 0.6) is 5.75 Å². The molecule has 0 aromatic heterocycles. The van der Waals surface area contributed by atoms with Crippen LogP contribution in [0.4, 0.5) is 4.79 Å². The van der Waals surface area contributed by atoms with E-state index in [1.54, 1.807) is 4.90 Å². The van der Waals surface area contributed by atoms with Crippen molar-refractivity contribution in [3.8, 4) is 5.75 Å². The van der Waals surface area contributed by atoms with Gasteiger partial charge in [-0.2, -0.15) is 0 Å². The number of piperidine rings is 1. The molecule has 2 saturated heterocycles. The molecule has 7 heteroatoms. The number of amides is 2. The van der Waals surface area contributed by atoms with Gasteiger partial charge < -0.3 is 19.3 Å². The zero-order valence-corrected chi connectivity index (χ0v) is 18.5. The second-order valence-corrected chi connectivity index (χ2v) is 9.45. The number of ether oxygens (including phenoxy) is 2. The van der Waals surface area contributed by atoms with Gasteiger partial charge in [-0.15, -0.1) is 0 Å². The third-order valence-corrected chi connectivity index (χ3v) is 7.62. The Hall–Kier alpha value is -2.28. The van der Waals surface area contributed by atoms with Crippen molar-refractivity contribution in [1.82, 2.24) is 14.7 Å². The number of nitrogens with zero attached hydrogens (tertiary/aromatic N) is 3. The van der Waals surface area contributed by atoms with E-state index in [1.165, 1.54) is 11.1 Å². The topological polar surface area (TPSA) is 62.3 Å². The average Bonchev–Trinajstić information content (AvgIpc) is 3.28. The molecule has 3 heterocycles. The SMILES string of the molecule is CCOC(=O)N1CCN(C(=O)[C@H]2CC23CCN(Cc2ccc4c(c2)CCO4)CC3)CC1. The van der Waals surface area contributed by atoms with E-state index in [1.807, 2.05) is 11.8 Å². The van der Waals surface area contributed by atoms with Crippen molar-refractivity contribution in [1.29, 1.82) is 0 Å². The molecule has 1 atom stereocenters. The summed E-state index contributed by atoms with van der Waals surface area (Å²) >= 11 is 0. The van der Waals surface area contributed by atoms with Gasteiger partial charge in [0.1, 0.15) is 5.75 Å². The predicted octanol–water partition coefficient (Wildman–Crippen LogP) is 2.52. The Balaban J connectivity index is 1.09. The standard InChI is InChI=1S/C24H33N3O4/c1-2-30-23(29)27-12-10-26(11-13-27)22(28)20-16-24(20)6-8-25(9-7-24)17-18-3-4-21-19(15-18)5-14-31-21/h3-4,15,20H,2,5-14,16-17H2,1H3/t20-/m1/s1. The molecule has 1 saturated carbocycles. The average molecular weight is 428 g/mol. The normalized spacial score (nSPS) is 24.6. The lowest BCUT2D eigenvalue weighted by Crippen LogP contribution is -2.51. The highest BCUT2D eigenvalue weighted by atomic mass is 16.6. The van der Waals surface area contributed by atoms with Crippen LogP contribution in [0.3, 0.4) is 0 Å². The number of hydrogen-bond acceptors (Lipinski definition) is 5. The molecular formula is C24H33N3O4. The lowest BCUT2D eigenvalue weighted by molar-refractivity contribution is -0.135. The van der Waals surface area contributed by atoms with Gasteiger partial charge in [-0.3, -0.25) is 9.69 Å². The molecule has 3 aliphatic heterocycles. The molecule has 0 unspecified atom stereocenters. The Kier molecular flexibility index (Phi) is 5.54. The molecule has 31 heavy (non-hydrogen) atoms.